The summed E-state index contributed by atoms with van der Waals surface area (Å²) in [7, 11) is 0. The fraction of sp³-hybridized carbons (Fsp3) is 0.667. The van der Waals surface area contributed by atoms with Crippen LogP contribution in [0.2, 0.25) is 0 Å². The normalized spacial score (nSPS) is 25.8. The van der Waals surface area contributed by atoms with Crippen LogP contribution in [0.1, 0.15) is 57.1 Å². The summed E-state index contributed by atoms with van der Waals surface area (Å²) in [6, 6.07) is 9.23. The molecule has 3 rings (SSSR count). The molecule has 3 unspecified atom stereocenters. The summed E-state index contributed by atoms with van der Waals surface area (Å²) in [5.74, 6) is 0.880. The van der Waals surface area contributed by atoms with E-state index in [4.69, 9.17) is 0 Å². The van der Waals surface area contributed by atoms with E-state index in [1.165, 1.54) is 36.8 Å². The maximum Gasteiger partial charge on any atom is 0.237 e. The molecule has 4 heteroatoms. The Bertz CT molecular complexity index is 539. The topological polar surface area (TPSA) is 44.4 Å². The van der Waals surface area contributed by atoms with Gasteiger partial charge in [0.25, 0.3) is 0 Å². The number of hydrogen-bond acceptors (Lipinski definition) is 3. The van der Waals surface area contributed by atoms with Crippen LogP contribution in [0.4, 0.5) is 0 Å². The molecule has 25 heavy (non-hydrogen) atoms. The average molecular weight is 344 g/mol. The van der Waals surface area contributed by atoms with Crippen LogP contribution in [0.3, 0.4) is 0 Å². The van der Waals surface area contributed by atoms with Crippen molar-refractivity contribution >= 4 is 5.91 Å². The molecule has 4 nitrogen and oxygen atoms in total. The summed E-state index contributed by atoms with van der Waals surface area (Å²) in [5.41, 5.74) is 2.51. The van der Waals surface area contributed by atoms with E-state index in [-0.39, 0.29) is 11.9 Å². The summed E-state index contributed by atoms with van der Waals surface area (Å²) in [5, 5.41) is 6.68. The summed E-state index contributed by atoms with van der Waals surface area (Å²) >= 11 is 0. The highest BCUT2D eigenvalue weighted by molar-refractivity contribution is 5.82. The second kappa shape index (κ2) is 8.81. The van der Waals surface area contributed by atoms with E-state index in [9.17, 15) is 4.79 Å². The molecule has 1 aromatic carbocycles. The highest BCUT2D eigenvalue weighted by atomic mass is 16.2. The molecule has 2 fully saturated rings. The van der Waals surface area contributed by atoms with Crippen LogP contribution in [0.25, 0.3) is 0 Å². The lowest BCUT2D eigenvalue weighted by molar-refractivity contribution is -0.123. The van der Waals surface area contributed by atoms with E-state index >= 15 is 0 Å². The molecule has 1 aliphatic heterocycles. The molecule has 0 radical (unpaired) electrons. The molecule has 1 amide bonds. The Morgan fingerprint density at radius 3 is 2.48 bits per heavy atom. The SMILES string of the molecule is CCN(CC)Cc1ccc(CNC(=O)C2CC3CCCCC3N2)cc1. The minimum Gasteiger partial charge on any atom is -0.351 e. The van der Waals surface area contributed by atoms with E-state index < -0.39 is 0 Å². The van der Waals surface area contributed by atoms with Crippen LogP contribution >= 0.6 is 0 Å². The number of fused-ring (bicyclic) bond motifs is 1. The van der Waals surface area contributed by atoms with Gasteiger partial charge in [-0.2, -0.15) is 0 Å². The van der Waals surface area contributed by atoms with E-state index in [0.29, 0.717) is 18.5 Å². The van der Waals surface area contributed by atoms with Gasteiger partial charge in [-0.15, -0.1) is 0 Å². The van der Waals surface area contributed by atoms with E-state index in [2.05, 4.69) is 53.6 Å². The van der Waals surface area contributed by atoms with Crippen molar-refractivity contribution in [3.05, 3.63) is 35.4 Å². The Balaban J connectivity index is 1.46. The Morgan fingerprint density at radius 2 is 1.80 bits per heavy atom. The zero-order valence-corrected chi connectivity index (χ0v) is 15.8. The average Bonchev–Trinajstić information content (AvgIpc) is 3.09. The number of nitrogens with one attached hydrogen (secondary N) is 2. The molecule has 1 aromatic rings. The summed E-state index contributed by atoms with van der Waals surface area (Å²) in [6.45, 7) is 8.16. The molecule has 0 aromatic heterocycles. The third-order valence-corrected chi connectivity index (χ3v) is 5.97. The van der Waals surface area contributed by atoms with Crippen molar-refractivity contribution in [2.45, 2.75) is 71.1 Å². The van der Waals surface area contributed by atoms with Crippen molar-refractivity contribution < 1.29 is 4.79 Å². The van der Waals surface area contributed by atoms with Crippen molar-refractivity contribution in [3.63, 3.8) is 0 Å². The van der Waals surface area contributed by atoms with Gasteiger partial charge in [-0.1, -0.05) is 51.0 Å². The molecule has 1 aliphatic carbocycles. The smallest absolute Gasteiger partial charge is 0.237 e. The van der Waals surface area contributed by atoms with Crippen LogP contribution in [0.15, 0.2) is 24.3 Å². The zero-order valence-electron chi connectivity index (χ0n) is 15.8. The van der Waals surface area contributed by atoms with E-state index in [0.717, 1.165) is 26.1 Å². The maximum absolute atomic E-state index is 12.5. The van der Waals surface area contributed by atoms with Gasteiger partial charge in [0.15, 0.2) is 0 Å². The number of carbonyl (C=O) groups is 1. The molecular formula is C21H33N3O. The Labute approximate surface area is 152 Å². The number of hydrogen-bond donors (Lipinski definition) is 2. The van der Waals surface area contributed by atoms with Gasteiger partial charge in [0.05, 0.1) is 6.04 Å². The van der Waals surface area contributed by atoms with Crippen molar-refractivity contribution in [2.24, 2.45) is 5.92 Å². The highest BCUT2D eigenvalue weighted by Crippen LogP contribution is 2.33. The lowest BCUT2D eigenvalue weighted by atomic mass is 9.85. The fourth-order valence-electron chi connectivity index (χ4n) is 4.30. The van der Waals surface area contributed by atoms with Gasteiger partial charge >= 0.3 is 0 Å². The fourth-order valence-corrected chi connectivity index (χ4v) is 4.30. The molecule has 0 bridgehead atoms. The van der Waals surface area contributed by atoms with Gasteiger partial charge in [0.2, 0.25) is 5.91 Å². The minimum atomic E-state index is 0.00930. The number of amides is 1. The zero-order chi connectivity index (χ0) is 17.6. The van der Waals surface area contributed by atoms with Crippen molar-refractivity contribution in [2.75, 3.05) is 13.1 Å². The Morgan fingerprint density at radius 1 is 1.12 bits per heavy atom. The monoisotopic (exact) mass is 343 g/mol. The molecule has 1 saturated carbocycles. The lowest BCUT2D eigenvalue weighted by Gasteiger charge is -2.24. The van der Waals surface area contributed by atoms with E-state index in [1.54, 1.807) is 0 Å². The third-order valence-electron chi connectivity index (χ3n) is 5.97. The molecule has 1 heterocycles. The molecular weight excluding hydrogens is 310 g/mol. The molecule has 1 saturated heterocycles. The number of nitrogens with zero attached hydrogens (tertiary/aromatic N) is 1. The van der Waals surface area contributed by atoms with Crippen LogP contribution in [0.5, 0.6) is 0 Å². The standard InChI is InChI=1S/C21H33N3O/c1-3-24(4-2)15-17-11-9-16(10-12-17)14-22-21(25)20-13-18-7-5-6-8-19(18)23-20/h9-12,18-20,23H,3-8,13-15H2,1-2H3,(H,22,25). The lowest BCUT2D eigenvalue weighted by Crippen LogP contribution is -2.42. The van der Waals surface area contributed by atoms with Crippen LogP contribution < -0.4 is 10.6 Å². The number of carbonyl (C=O) groups excluding carboxylic acids is 1. The van der Waals surface area contributed by atoms with Crippen molar-refractivity contribution in [3.8, 4) is 0 Å². The third kappa shape index (κ3) is 4.83. The molecule has 2 aliphatic rings. The van der Waals surface area contributed by atoms with Crippen LogP contribution in [-0.4, -0.2) is 36.0 Å². The number of benzene rings is 1. The van der Waals surface area contributed by atoms with Crippen LogP contribution in [0, 0.1) is 5.92 Å². The van der Waals surface area contributed by atoms with Gasteiger partial charge in [-0.25, -0.2) is 0 Å². The first kappa shape index (κ1) is 18.4. The first-order chi connectivity index (χ1) is 12.2. The van der Waals surface area contributed by atoms with Gasteiger partial charge < -0.3 is 10.6 Å². The van der Waals surface area contributed by atoms with Gasteiger partial charge in [-0.05, 0) is 49.4 Å². The summed E-state index contributed by atoms with van der Waals surface area (Å²) < 4.78 is 0. The first-order valence-corrected chi connectivity index (χ1v) is 10.0. The highest BCUT2D eigenvalue weighted by Gasteiger charge is 2.37. The summed E-state index contributed by atoms with van der Waals surface area (Å²) in [4.78, 5) is 14.9. The van der Waals surface area contributed by atoms with Gasteiger partial charge in [0.1, 0.15) is 0 Å². The second-order valence-electron chi connectivity index (χ2n) is 7.60. The van der Waals surface area contributed by atoms with Crippen molar-refractivity contribution in [1.29, 1.82) is 0 Å². The van der Waals surface area contributed by atoms with Crippen molar-refractivity contribution in [1.82, 2.24) is 15.5 Å². The van der Waals surface area contributed by atoms with Gasteiger partial charge in [0, 0.05) is 19.1 Å². The predicted molar refractivity (Wildman–Crippen MR) is 102 cm³/mol. The predicted octanol–water partition coefficient (Wildman–Crippen LogP) is 3.07. The first-order valence-electron chi connectivity index (χ1n) is 10.0. The minimum absolute atomic E-state index is 0.00930. The number of rotatable bonds is 7. The maximum atomic E-state index is 12.5. The largest absolute Gasteiger partial charge is 0.351 e. The molecule has 2 N–H and O–H groups in total. The Hall–Kier alpha value is -1.39. The Kier molecular flexibility index (Phi) is 6.49. The molecule has 138 valence electrons. The molecule has 3 atom stereocenters. The molecule has 0 spiro atoms. The summed E-state index contributed by atoms with van der Waals surface area (Å²) in [6.07, 6.45) is 6.18. The van der Waals surface area contributed by atoms with Crippen LogP contribution in [-0.2, 0) is 17.9 Å². The van der Waals surface area contributed by atoms with E-state index in [1.807, 2.05) is 0 Å². The quantitative estimate of drug-likeness (QED) is 0.800. The second-order valence-corrected chi connectivity index (χ2v) is 7.60. The van der Waals surface area contributed by atoms with Gasteiger partial charge in [-0.3, -0.25) is 9.69 Å².